The molecule has 3 aromatic rings. The number of nitrogens with two attached hydrogens (primary N) is 1. The zero-order chi connectivity index (χ0) is 27.1. The summed E-state index contributed by atoms with van der Waals surface area (Å²) in [6.45, 7) is 0.878. The number of halogens is 2. The maximum Gasteiger partial charge on any atom is 0.338 e. The van der Waals surface area contributed by atoms with Crippen molar-refractivity contribution >= 4 is 5.97 Å². The number of ether oxygens (including phenoxy) is 2. The van der Waals surface area contributed by atoms with Crippen LogP contribution in [-0.4, -0.2) is 31.3 Å². The van der Waals surface area contributed by atoms with Crippen molar-refractivity contribution in [1.82, 2.24) is 0 Å². The summed E-state index contributed by atoms with van der Waals surface area (Å²) in [7, 11) is 1.26. The number of rotatable bonds is 11. The van der Waals surface area contributed by atoms with E-state index in [9.17, 15) is 9.90 Å². The molecule has 3 N–H and O–H groups in total. The third-order valence-corrected chi connectivity index (χ3v) is 7.18. The molecule has 0 radical (unpaired) electrons. The van der Waals surface area contributed by atoms with E-state index in [1.54, 1.807) is 18.2 Å². The number of aliphatic hydroxyl groups excluding tert-OH is 1. The summed E-state index contributed by atoms with van der Waals surface area (Å²) in [4.78, 5) is 12.5. The molecule has 4 rings (SSSR count). The van der Waals surface area contributed by atoms with Crippen LogP contribution in [0.5, 0.6) is 5.75 Å². The fraction of sp³-hybridized carbons (Fsp3) is 0.387. The maximum atomic E-state index is 15.1. The molecule has 0 aromatic heterocycles. The highest BCUT2D eigenvalue weighted by molar-refractivity contribution is 5.97. The van der Waals surface area contributed by atoms with Gasteiger partial charge in [0, 0.05) is 23.5 Å². The van der Waals surface area contributed by atoms with E-state index < -0.39 is 18.0 Å². The topological polar surface area (TPSA) is 81.8 Å². The minimum atomic E-state index is -3.04. The van der Waals surface area contributed by atoms with Crippen molar-refractivity contribution in [1.29, 1.82) is 0 Å². The molecule has 2 atom stereocenters. The highest BCUT2D eigenvalue weighted by Gasteiger charge is 2.33. The van der Waals surface area contributed by atoms with Crippen molar-refractivity contribution in [3.05, 3.63) is 89.0 Å². The highest BCUT2D eigenvalue weighted by atomic mass is 19.3. The van der Waals surface area contributed by atoms with Crippen LogP contribution in [-0.2, 0) is 17.1 Å². The number of methoxy groups -OCH3 is 1. The Bertz CT molecular complexity index is 1230. The molecule has 0 saturated carbocycles. The van der Waals surface area contributed by atoms with Crippen molar-refractivity contribution in [3.63, 3.8) is 0 Å². The summed E-state index contributed by atoms with van der Waals surface area (Å²) in [6, 6.07) is 19.1. The minimum Gasteiger partial charge on any atom is -0.493 e. The number of aliphatic hydroxyl groups is 1. The van der Waals surface area contributed by atoms with Gasteiger partial charge in [0.05, 0.1) is 25.4 Å². The molecule has 0 unspecified atom stereocenters. The largest absolute Gasteiger partial charge is 0.493 e. The minimum absolute atomic E-state index is 0.117. The molecule has 0 spiro atoms. The van der Waals surface area contributed by atoms with E-state index in [1.807, 2.05) is 30.3 Å². The van der Waals surface area contributed by atoms with E-state index in [0.29, 0.717) is 54.9 Å². The lowest BCUT2D eigenvalue weighted by Crippen LogP contribution is -2.27. The van der Waals surface area contributed by atoms with Crippen molar-refractivity contribution in [2.45, 2.75) is 50.6 Å². The molecule has 0 fully saturated rings. The van der Waals surface area contributed by atoms with Gasteiger partial charge in [0.1, 0.15) is 5.75 Å². The average Bonchev–Trinajstić information content (AvgIpc) is 2.94. The van der Waals surface area contributed by atoms with Gasteiger partial charge in [-0.3, -0.25) is 0 Å². The van der Waals surface area contributed by atoms with Gasteiger partial charge in [-0.25, -0.2) is 13.6 Å². The van der Waals surface area contributed by atoms with Crippen LogP contribution in [0.15, 0.2) is 66.7 Å². The van der Waals surface area contributed by atoms with Crippen LogP contribution in [0, 0.1) is 5.92 Å². The monoisotopic (exact) mass is 523 g/mol. The lowest BCUT2D eigenvalue weighted by Gasteiger charge is -2.31. The summed E-state index contributed by atoms with van der Waals surface area (Å²) in [6.07, 6.45) is 2.38. The van der Waals surface area contributed by atoms with Gasteiger partial charge in [0.2, 0.25) is 0 Å². The smallest absolute Gasteiger partial charge is 0.338 e. The SMILES string of the molecule is COC(=O)c1ccc(C(F)(F)CCCCCCN)cc1-c1ccc2c(c1)OC[C@H](Cc1ccccc1)[C@H]2O. The molecule has 38 heavy (non-hydrogen) atoms. The molecular formula is C31H35F2NO4. The molecule has 0 saturated heterocycles. The van der Waals surface area contributed by atoms with Gasteiger partial charge < -0.3 is 20.3 Å². The third kappa shape index (κ3) is 6.40. The number of alkyl halides is 2. The second-order valence-corrected chi connectivity index (χ2v) is 9.87. The molecular weight excluding hydrogens is 488 g/mol. The van der Waals surface area contributed by atoms with Crippen LogP contribution in [0.4, 0.5) is 8.78 Å². The first-order valence-electron chi connectivity index (χ1n) is 13.1. The van der Waals surface area contributed by atoms with Crippen molar-refractivity contribution < 1.29 is 28.2 Å². The first-order valence-corrected chi connectivity index (χ1v) is 13.1. The Morgan fingerprint density at radius 1 is 1.05 bits per heavy atom. The molecule has 3 aromatic carbocycles. The van der Waals surface area contributed by atoms with Crippen molar-refractivity contribution in [3.8, 4) is 16.9 Å². The summed E-state index contributed by atoms with van der Waals surface area (Å²) in [5.41, 5.74) is 8.15. The van der Waals surface area contributed by atoms with Crippen molar-refractivity contribution in [2.24, 2.45) is 11.7 Å². The van der Waals surface area contributed by atoms with E-state index in [4.69, 9.17) is 15.2 Å². The molecule has 1 aliphatic rings. The van der Waals surface area contributed by atoms with Gasteiger partial charge in [-0.15, -0.1) is 0 Å². The number of carbonyl (C=O) groups is 1. The predicted molar refractivity (Wildman–Crippen MR) is 143 cm³/mol. The van der Waals surface area contributed by atoms with E-state index in [1.165, 1.54) is 25.3 Å². The molecule has 5 nitrogen and oxygen atoms in total. The first kappa shape index (κ1) is 27.7. The van der Waals surface area contributed by atoms with Gasteiger partial charge in [0.25, 0.3) is 5.92 Å². The van der Waals surface area contributed by atoms with Gasteiger partial charge in [0.15, 0.2) is 0 Å². The van der Waals surface area contributed by atoms with Crippen LogP contribution < -0.4 is 10.5 Å². The lowest BCUT2D eigenvalue weighted by atomic mass is 9.86. The van der Waals surface area contributed by atoms with E-state index in [2.05, 4.69) is 0 Å². The molecule has 1 aliphatic heterocycles. The second kappa shape index (κ2) is 12.5. The average molecular weight is 524 g/mol. The van der Waals surface area contributed by atoms with Gasteiger partial charge in [-0.1, -0.05) is 61.4 Å². The van der Waals surface area contributed by atoms with Crippen molar-refractivity contribution in [2.75, 3.05) is 20.3 Å². The third-order valence-electron chi connectivity index (χ3n) is 7.18. The standard InChI is InChI=1S/C31H35F2NO4/c1-37-30(36)25-14-12-24(31(32,33)15-7-2-3-8-16-34)19-27(25)22-11-13-26-28(18-22)38-20-23(29(26)35)17-21-9-5-4-6-10-21/h4-6,9-14,18-19,23,29,35H,2-3,7-8,15-17,20,34H2,1H3/t23-,29+/m0/s1. The number of fused-ring (bicyclic) bond motifs is 1. The van der Waals surface area contributed by atoms with Crippen LogP contribution in [0.25, 0.3) is 11.1 Å². The zero-order valence-electron chi connectivity index (χ0n) is 21.7. The fourth-order valence-electron chi connectivity index (χ4n) is 4.99. The summed E-state index contributed by atoms with van der Waals surface area (Å²) in [5.74, 6) is -3.30. The van der Waals surface area contributed by atoms with Crippen LogP contribution in [0.1, 0.15) is 65.3 Å². The van der Waals surface area contributed by atoms with E-state index >= 15 is 8.78 Å². The summed E-state index contributed by atoms with van der Waals surface area (Å²) < 4.78 is 41.2. The Morgan fingerprint density at radius 2 is 1.82 bits per heavy atom. The van der Waals surface area contributed by atoms with Gasteiger partial charge in [-0.2, -0.15) is 0 Å². The zero-order valence-corrected chi connectivity index (χ0v) is 21.7. The number of unbranched alkanes of at least 4 members (excludes halogenated alkanes) is 3. The fourth-order valence-corrected chi connectivity index (χ4v) is 4.99. The molecule has 202 valence electrons. The lowest BCUT2D eigenvalue weighted by molar-refractivity contribution is -0.0158. The Morgan fingerprint density at radius 3 is 2.55 bits per heavy atom. The molecule has 0 bridgehead atoms. The normalized spacial score (nSPS) is 17.0. The predicted octanol–water partition coefficient (Wildman–Crippen LogP) is 6.43. The van der Waals surface area contributed by atoms with Gasteiger partial charge >= 0.3 is 5.97 Å². The summed E-state index contributed by atoms with van der Waals surface area (Å²) in [5, 5.41) is 11.1. The van der Waals surface area contributed by atoms with Crippen LogP contribution >= 0.6 is 0 Å². The van der Waals surface area contributed by atoms with Crippen LogP contribution in [0.2, 0.25) is 0 Å². The Hall–Kier alpha value is -3.29. The maximum absolute atomic E-state index is 15.1. The molecule has 7 heteroatoms. The Balaban J connectivity index is 1.60. The Kier molecular flexibility index (Phi) is 9.13. The number of carbonyl (C=O) groups excluding carboxylic acids is 1. The number of hydrogen-bond acceptors (Lipinski definition) is 5. The highest BCUT2D eigenvalue weighted by Crippen LogP contribution is 2.41. The number of hydrogen-bond donors (Lipinski definition) is 2. The number of benzene rings is 3. The number of esters is 1. The van der Waals surface area contributed by atoms with Crippen LogP contribution in [0.3, 0.4) is 0 Å². The van der Waals surface area contributed by atoms with Gasteiger partial charge in [-0.05, 0) is 60.7 Å². The van der Waals surface area contributed by atoms with E-state index in [-0.39, 0.29) is 23.5 Å². The molecule has 0 aliphatic carbocycles. The Labute approximate surface area is 222 Å². The molecule has 1 heterocycles. The van der Waals surface area contributed by atoms with E-state index in [0.717, 1.165) is 18.4 Å². The quantitative estimate of drug-likeness (QED) is 0.224. The first-order chi connectivity index (χ1) is 18.3. The summed E-state index contributed by atoms with van der Waals surface area (Å²) >= 11 is 0. The molecule has 0 amide bonds. The second-order valence-electron chi connectivity index (χ2n) is 9.87.